The molecule has 17 heavy (non-hydrogen) atoms. The first-order valence-corrected chi connectivity index (χ1v) is 5.76. The number of rotatable bonds is 6. The van der Waals surface area contributed by atoms with E-state index in [0.29, 0.717) is 6.54 Å². The molecule has 4 heteroatoms. The molecule has 2 N–H and O–H groups in total. The molecular weight excluding hydrogens is 218 g/mol. The summed E-state index contributed by atoms with van der Waals surface area (Å²) in [4.78, 5) is 12.8. The highest BCUT2D eigenvalue weighted by Crippen LogP contribution is 2.14. The number of carbonyl (C=O) groups is 1. The fraction of sp³-hybridized carbons (Fsp3) is 0.462. The van der Waals surface area contributed by atoms with Gasteiger partial charge in [-0.3, -0.25) is 9.69 Å². The van der Waals surface area contributed by atoms with Crippen LogP contribution in [0, 0.1) is 0 Å². The molecule has 1 rings (SSSR count). The van der Waals surface area contributed by atoms with Crippen molar-refractivity contribution in [3.63, 3.8) is 0 Å². The number of carboxylic acid groups (broad SMARTS) is 1. The molecule has 0 radical (unpaired) electrons. The molecule has 0 saturated heterocycles. The van der Waals surface area contributed by atoms with Crippen molar-refractivity contribution in [3.8, 4) is 5.75 Å². The van der Waals surface area contributed by atoms with E-state index >= 15 is 0 Å². The minimum Gasteiger partial charge on any atom is -0.508 e. The van der Waals surface area contributed by atoms with Crippen LogP contribution in [-0.2, 0) is 11.3 Å². The highest BCUT2D eigenvalue weighted by Gasteiger charge is 2.15. The predicted molar refractivity (Wildman–Crippen MR) is 65.9 cm³/mol. The van der Waals surface area contributed by atoms with Gasteiger partial charge in [0, 0.05) is 12.6 Å². The number of hydrogen-bond acceptors (Lipinski definition) is 3. The maximum absolute atomic E-state index is 10.7. The van der Waals surface area contributed by atoms with Gasteiger partial charge < -0.3 is 10.2 Å². The summed E-state index contributed by atoms with van der Waals surface area (Å²) in [6.07, 6.45) is 0.145. The molecule has 0 heterocycles. The Labute approximate surface area is 101 Å². The van der Waals surface area contributed by atoms with Crippen molar-refractivity contribution in [3.05, 3.63) is 29.8 Å². The zero-order valence-electron chi connectivity index (χ0n) is 10.3. The quantitative estimate of drug-likeness (QED) is 0.795. The Morgan fingerprint density at radius 1 is 1.35 bits per heavy atom. The van der Waals surface area contributed by atoms with Crippen molar-refractivity contribution in [2.24, 2.45) is 0 Å². The summed E-state index contributed by atoms with van der Waals surface area (Å²) in [5, 5.41) is 18.0. The number of carboxylic acids is 1. The highest BCUT2D eigenvalue weighted by molar-refractivity contribution is 5.67. The molecule has 0 aliphatic carbocycles. The maximum Gasteiger partial charge on any atom is 0.304 e. The van der Waals surface area contributed by atoms with E-state index in [2.05, 4.69) is 4.90 Å². The van der Waals surface area contributed by atoms with Crippen LogP contribution in [0.15, 0.2) is 24.3 Å². The molecule has 1 atom stereocenters. The molecule has 0 aromatic heterocycles. The van der Waals surface area contributed by atoms with Gasteiger partial charge >= 0.3 is 5.97 Å². The Balaban J connectivity index is 2.62. The second kappa shape index (κ2) is 6.25. The lowest BCUT2D eigenvalue weighted by Crippen LogP contribution is -2.34. The monoisotopic (exact) mass is 237 g/mol. The molecule has 0 spiro atoms. The zero-order valence-corrected chi connectivity index (χ0v) is 10.3. The molecule has 94 valence electrons. The van der Waals surface area contributed by atoms with Crippen molar-refractivity contribution >= 4 is 5.97 Å². The van der Waals surface area contributed by atoms with Crippen LogP contribution < -0.4 is 0 Å². The standard InChI is InChI=1S/C13H19NO3/c1-3-14(10(2)8-13(16)17)9-11-4-6-12(15)7-5-11/h4-7,10,15H,3,8-9H2,1-2H3,(H,16,17). The summed E-state index contributed by atoms with van der Waals surface area (Å²) in [6.45, 7) is 5.43. The van der Waals surface area contributed by atoms with Crippen LogP contribution in [0.4, 0.5) is 0 Å². The van der Waals surface area contributed by atoms with Crippen LogP contribution >= 0.6 is 0 Å². The van der Waals surface area contributed by atoms with E-state index in [1.165, 1.54) is 0 Å². The topological polar surface area (TPSA) is 60.8 Å². The molecule has 4 nitrogen and oxygen atoms in total. The van der Waals surface area contributed by atoms with Gasteiger partial charge in [0.05, 0.1) is 6.42 Å². The van der Waals surface area contributed by atoms with Crippen LogP contribution in [0.1, 0.15) is 25.8 Å². The first-order chi connectivity index (χ1) is 8.02. The lowest BCUT2D eigenvalue weighted by molar-refractivity contribution is -0.138. The predicted octanol–water partition coefficient (Wildman–Crippen LogP) is 2.08. The first-order valence-electron chi connectivity index (χ1n) is 5.76. The summed E-state index contributed by atoms with van der Waals surface area (Å²) in [7, 11) is 0. The Bertz CT molecular complexity index is 361. The molecule has 0 aliphatic heterocycles. The third-order valence-corrected chi connectivity index (χ3v) is 2.82. The molecule has 0 saturated carbocycles. The van der Waals surface area contributed by atoms with E-state index in [1.807, 2.05) is 26.0 Å². The SMILES string of the molecule is CCN(Cc1ccc(O)cc1)C(C)CC(=O)O. The van der Waals surface area contributed by atoms with E-state index in [-0.39, 0.29) is 18.2 Å². The smallest absolute Gasteiger partial charge is 0.304 e. The number of phenolic OH excluding ortho intramolecular Hbond substituents is 1. The largest absolute Gasteiger partial charge is 0.508 e. The minimum absolute atomic E-state index is 0.00584. The summed E-state index contributed by atoms with van der Waals surface area (Å²) in [6, 6.07) is 7.00. The number of benzene rings is 1. The van der Waals surface area contributed by atoms with Gasteiger partial charge in [0.25, 0.3) is 0 Å². The van der Waals surface area contributed by atoms with Crippen LogP contribution in [0.3, 0.4) is 0 Å². The van der Waals surface area contributed by atoms with Gasteiger partial charge in [0.1, 0.15) is 5.75 Å². The van der Waals surface area contributed by atoms with E-state index < -0.39 is 5.97 Å². The third kappa shape index (κ3) is 4.44. The normalized spacial score (nSPS) is 12.6. The van der Waals surface area contributed by atoms with Gasteiger partial charge in [0.15, 0.2) is 0 Å². The number of nitrogens with zero attached hydrogens (tertiary/aromatic N) is 1. The van der Waals surface area contributed by atoms with Crippen molar-refractivity contribution in [1.82, 2.24) is 4.90 Å². The van der Waals surface area contributed by atoms with Gasteiger partial charge in [-0.15, -0.1) is 0 Å². The van der Waals surface area contributed by atoms with E-state index in [1.54, 1.807) is 12.1 Å². The van der Waals surface area contributed by atoms with Crippen molar-refractivity contribution in [1.29, 1.82) is 0 Å². The number of aromatic hydroxyl groups is 1. The van der Waals surface area contributed by atoms with Crippen LogP contribution in [-0.4, -0.2) is 33.7 Å². The van der Waals surface area contributed by atoms with Gasteiger partial charge in [-0.1, -0.05) is 19.1 Å². The number of hydrogen-bond donors (Lipinski definition) is 2. The first kappa shape index (κ1) is 13.5. The van der Waals surface area contributed by atoms with Crippen LogP contribution in [0.2, 0.25) is 0 Å². The molecule has 1 aromatic rings. The molecule has 1 aromatic carbocycles. The number of phenols is 1. The van der Waals surface area contributed by atoms with E-state index in [0.717, 1.165) is 12.1 Å². The van der Waals surface area contributed by atoms with E-state index in [9.17, 15) is 9.90 Å². The average molecular weight is 237 g/mol. The Hall–Kier alpha value is -1.55. The lowest BCUT2D eigenvalue weighted by atomic mass is 10.1. The number of aliphatic carboxylic acids is 1. The van der Waals surface area contributed by atoms with Gasteiger partial charge in [0.2, 0.25) is 0 Å². The summed E-state index contributed by atoms with van der Waals surface area (Å²) in [5.74, 6) is -0.531. The van der Waals surface area contributed by atoms with E-state index in [4.69, 9.17) is 5.11 Å². The zero-order chi connectivity index (χ0) is 12.8. The van der Waals surface area contributed by atoms with Gasteiger partial charge in [-0.2, -0.15) is 0 Å². The fourth-order valence-electron chi connectivity index (χ4n) is 1.80. The molecule has 1 unspecified atom stereocenters. The lowest BCUT2D eigenvalue weighted by Gasteiger charge is -2.26. The summed E-state index contributed by atoms with van der Waals surface area (Å²) >= 11 is 0. The highest BCUT2D eigenvalue weighted by atomic mass is 16.4. The van der Waals surface area contributed by atoms with Crippen molar-refractivity contribution in [2.75, 3.05) is 6.54 Å². The van der Waals surface area contributed by atoms with Gasteiger partial charge in [-0.05, 0) is 31.2 Å². The summed E-state index contributed by atoms with van der Waals surface area (Å²) in [5.41, 5.74) is 1.07. The summed E-state index contributed by atoms with van der Waals surface area (Å²) < 4.78 is 0. The molecule has 0 bridgehead atoms. The molecular formula is C13H19NO3. The fourth-order valence-corrected chi connectivity index (χ4v) is 1.80. The Morgan fingerprint density at radius 2 is 1.94 bits per heavy atom. The molecule has 0 amide bonds. The molecule has 0 fully saturated rings. The Morgan fingerprint density at radius 3 is 2.41 bits per heavy atom. The maximum atomic E-state index is 10.7. The van der Waals surface area contributed by atoms with Crippen LogP contribution in [0.5, 0.6) is 5.75 Å². The minimum atomic E-state index is -0.776. The Kier molecular flexibility index (Phi) is 4.97. The molecule has 0 aliphatic rings. The van der Waals surface area contributed by atoms with Crippen molar-refractivity contribution in [2.45, 2.75) is 32.9 Å². The van der Waals surface area contributed by atoms with Crippen LogP contribution in [0.25, 0.3) is 0 Å². The second-order valence-electron chi connectivity index (χ2n) is 4.18. The third-order valence-electron chi connectivity index (χ3n) is 2.82. The van der Waals surface area contributed by atoms with Gasteiger partial charge in [-0.25, -0.2) is 0 Å². The van der Waals surface area contributed by atoms with Crippen molar-refractivity contribution < 1.29 is 15.0 Å². The average Bonchev–Trinajstić information content (AvgIpc) is 2.27. The second-order valence-corrected chi connectivity index (χ2v) is 4.18.